The summed E-state index contributed by atoms with van der Waals surface area (Å²) in [5.74, 6) is 0.345. The quantitative estimate of drug-likeness (QED) is 0.818. The predicted molar refractivity (Wildman–Crippen MR) is 80.6 cm³/mol. The lowest BCUT2D eigenvalue weighted by molar-refractivity contribution is 0.0465. The van der Waals surface area contributed by atoms with Gasteiger partial charge in [-0.1, -0.05) is 0 Å². The monoisotopic (exact) mass is 314 g/mol. The average Bonchev–Trinajstić information content (AvgIpc) is 2.60. The fourth-order valence-corrected chi connectivity index (χ4v) is 3.98. The molecule has 3 N–H and O–H groups in total. The van der Waals surface area contributed by atoms with Gasteiger partial charge in [-0.3, -0.25) is 0 Å². The number of hydrogen-bond donors (Lipinski definition) is 2. The summed E-state index contributed by atoms with van der Waals surface area (Å²) >= 11 is 0. The molecule has 0 amide bonds. The SMILES string of the molecule is COc1cc(S(=O)(=O)N2CCCC(C)(O)CC2)ccc1N. The second-order valence-corrected chi connectivity index (χ2v) is 7.60. The van der Waals surface area contributed by atoms with Crippen molar-refractivity contribution < 1.29 is 18.3 Å². The fourth-order valence-electron chi connectivity index (χ4n) is 2.48. The number of nitrogen functional groups attached to an aromatic ring is 1. The summed E-state index contributed by atoms with van der Waals surface area (Å²) in [5, 5.41) is 10.1. The van der Waals surface area contributed by atoms with Gasteiger partial charge in [-0.05, 0) is 38.3 Å². The molecule has 118 valence electrons. The minimum absolute atomic E-state index is 0.162. The molecule has 0 radical (unpaired) electrons. The van der Waals surface area contributed by atoms with E-state index in [2.05, 4.69) is 0 Å². The number of sulfonamides is 1. The molecule has 1 unspecified atom stereocenters. The van der Waals surface area contributed by atoms with Crippen LogP contribution in [0.3, 0.4) is 0 Å². The first-order chi connectivity index (χ1) is 9.76. The molecule has 1 atom stereocenters. The number of nitrogens with zero attached hydrogens (tertiary/aromatic N) is 1. The van der Waals surface area contributed by atoms with Crippen LogP contribution < -0.4 is 10.5 Å². The second-order valence-electron chi connectivity index (χ2n) is 5.66. The molecular formula is C14H22N2O4S. The van der Waals surface area contributed by atoms with E-state index in [4.69, 9.17) is 10.5 Å². The summed E-state index contributed by atoms with van der Waals surface area (Å²) in [6.45, 7) is 2.46. The van der Waals surface area contributed by atoms with Gasteiger partial charge in [0, 0.05) is 19.2 Å². The van der Waals surface area contributed by atoms with Crippen LogP contribution in [-0.4, -0.2) is 43.6 Å². The molecule has 6 nitrogen and oxygen atoms in total. The first-order valence-corrected chi connectivity index (χ1v) is 8.36. The van der Waals surface area contributed by atoms with Gasteiger partial charge in [0.25, 0.3) is 0 Å². The van der Waals surface area contributed by atoms with Gasteiger partial charge >= 0.3 is 0 Å². The van der Waals surface area contributed by atoms with Crippen LogP contribution in [0.2, 0.25) is 0 Å². The summed E-state index contributed by atoms with van der Waals surface area (Å²) in [4.78, 5) is 0.162. The standard InChI is InChI=1S/C14H22N2O4S/c1-14(17)6-3-8-16(9-7-14)21(18,19)11-4-5-12(15)13(10-11)20-2/h4-5,10,17H,3,6-9,15H2,1-2H3. The van der Waals surface area contributed by atoms with Crippen LogP contribution >= 0.6 is 0 Å². The van der Waals surface area contributed by atoms with Crippen LogP contribution in [0.5, 0.6) is 5.75 Å². The molecule has 1 heterocycles. The molecule has 1 aromatic carbocycles. The van der Waals surface area contributed by atoms with E-state index in [-0.39, 0.29) is 4.90 Å². The predicted octanol–water partition coefficient (Wildman–Crippen LogP) is 1.20. The van der Waals surface area contributed by atoms with E-state index in [0.29, 0.717) is 43.8 Å². The van der Waals surface area contributed by atoms with Crippen LogP contribution in [0.4, 0.5) is 5.69 Å². The van der Waals surface area contributed by atoms with Crippen molar-refractivity contribution >= 4 is 15.7 Å². The molecule has 1 saturated heterocycles. The molecule has 1 aliphatic rings. The Morgan fingerprint density at radius 3 is 2.71 bits per heavy atom. The minimum atomic E-state index is -3.60. The highest BCUT2D eigenvalue weighted by molar-refractivity contribution is 7.89. The number of rotatable bonds is 3. The van der Waals surface area contributed by atoms with Crippen molar-refractivity contribution in [3.05, 3.63) is 18.2 Å². The van der Waals surface area contributed by atoms with Crippen molar-refractivity contribution in [3.8, 4) is 5.75 Å². The lowest BCUT2D eigenvalue weighted by atomic mass is 9.98. The number of aliphatic hydroxyl groups is 1. The number of methoxy groups -OCH3 is 1. The average molecular weight is 314 g/mol. The topological polar surface area (TPSA) is 92.9 Å². The third-order valence-corrected chi connectivity index (χ3v) is 5.76. The fraction of sp³-hybridized carbons (Fsp3) is 0.571. The lowest BCUT2D eigenvalue weighted by Crippen LogP contribution is -2.33. The Morgan fingerprint density at radius 1 is 1.33 bits per heavy atom. The maximum Gasteiger partial charge on any atom is 0.243 e. The second kappa shape index (κ2) is 5.82. The normalized spacial score (nSPS) is 24.5. The summed E-state index contributed by atoms with van der Waals surface area (Å²) < 4.78 is 31.9. The highest BCUT2D eigenvalue weighted by Crippen LogP contribution is 2.29. The Balaban J connectivity index is 2.29. The van der Waals surface area contributed by atoms with Gasteiger partial charge in [-0.2, -0.15) is 4.31 Å². The van der Waals surface area contributed by atoms with E-state index in [1.807, 2.05) is 0 Å². The molecular weight excluding hydrogens is 292 g/mol. The van der Waals surface area contributed by atoms with Crippen molar-refractivity contribution in [2.75, 3.05) is 25.9 Å². The summed E-state index contributed by atoms with van der Waals surface area (Å²) in [5.41, 5.74) is 5.31. The number of hydrogen-bond acceptors (Lipinski definition) is 5. The van der Waals surface area contributed by atoms with Crippen LogP contribution in [0.25, 0.3) is 0 Å². The number of nitrogens with two attached hydrogens (primary N) is 1. The van der Waals surface area contributed by atoms with Gasteiger partial charge in [0.15, 0.2) is 0 Å². The molecule has 0 spiro atoms. The smallest absolute Gasteiger partial charge is 0.243 e. The minimum Gasteiger partial charge on any atom is -0.495 e. The Morgan fingerprint density at radius 2 is 2.05 bits per heavy atom. The van der Waals surface area contributed by atoms with Gasteiger partial charge in [0.1, 0.15) is 5.75 Å². The maximum atomic E-state index is 12.7. The zero-order chi connectivity index (χ0) is 15.7. The number of ether oxygens (including phenoxy) is 1. The van der Waals surface area contributed by atoms with E-state index in [0.717, 1.165) is 0 Å². The van der Waals surface area contributed by atoms with Crippen LogP contribution in [0.1, 0.15) is 26.2 Å². The Labute approximate surface area is 125 Å². The van der Waals surface area contributed by atoms with Crippen LogP contribution in [0.15, 0.2) is 23.1 Å². The summed E-state index contributed by atoms with van der Waals surface area (Å²) in [6.07, 6.45) is 1.67. The highest BCUT2D eigenvalue weighted by atomic mass is 32.2. The van der Waals surface area contributed by atoms with Gasteiger partial charge in [-0.15, -0.1) is 0 Å². The van der Waals surface area contributed by atoms with E-state index in [1.165, 1.54) is 29.6 Å². The third-order valence-electron chi connectivity index (χ3n) is 3.87. The van der Waals surface area contributed by atoms with Crippen molar-refractivity contribution in [2.45, 2.75) is 36.7 Å². The zero-order valence-corrected chi connectivity index (χ0v) is 13.2. The van der Waals surface area contributed by atoms with Crippen molar-refractivity contribution in [1.29, 1.82) is 0 Å². The van der Waals surface area contributed by atoms with Crippen molar-refractivity contribution in [1.82, 2.24) is 4.31 Å². The van der Waals surface area contributed by atoms with Gasteiger partial charge < -0.3 is 15.6 Å². The third kappa shape index (κ3) is 3.48. The lowest BCUT2D eigenvalue weighted by Gasteiger charge is -2.22. The molecule has 1 aliphatic heterocycles. The molecule has 0 aromatic heterocycles. The van der Waals surface area contributed by atoms with Crippen LogP contribution in [-0.2, 0) is 10.0 Å². The molecule has 1 fully saturated rings. The van der Waals surface area contributed by atoms with Crippen molar-refractivity contribution in [2.24, 2.45) is 0 Å². The Kier molecular flexibility index (Phi) is 4.46. The van der Waals surface area contributed by atoms with Crippen molar-refractivity contribution in [3.63, 3.8) is 0 Å². The molecule has 1 aromatic rings. The molecule has 21 heavy (non-hydrogen) atoms. The first kappa shape index (κ1) is 16.1. The maximum absolute atomic E-state index is 12.7. The molecule has 0 aliphatic carbocycles. The molecule has 7 heteroatoms. The van der Waals surface area contributed by atoms with Gasteiger partial charge in [0.05, 0.1) is 23.3 Å². The Hall–Kier alpha value is -1.31. The van der Waals surface area contributed by atoms with E-state index in [1.54, 1.807) is 6.92 Å². The summed E-state index contributed by atoms with van der Waals surface area (Å²) in [6, 6.07) is 4.45. The largest absolute Gasteiger partial charge is 0.495 e. The number of benzene rings is 1. The number of anilines is 1. The van der Waals surface area contributed by atoms with E-state index >= 15 is 0 Å². The van der Waals surface area contributed by atoms with Crippen LogP contribution in [0, 0.1) is 0 Å². The molecule has 0 bridgehead atoms. The van der Waals surface area contributed by atoms with E-state index in [9.17, 15) is 13.5 Å². The summed E-state index contributed by atoms with van der Waals surface area (Å²) in [7, 11) is -2.15. The van der Waals surface area contributed by atoms with Gasteiger partial charge in [-0.25, -0.2) is 8.42 Å². The zero-order valence-electron chi connectivity index (χ0n) is 12.4. The Bertz CT molecular complexity index is 613. The van der Waals surface area contributed by atoms with Gasteiger partial charge in [0.2, 0.25) is 10.0 Å². The van der Waals surface area contributed by atoms with E-state index < -0.39 is 15.6 Å². The highest BCUT2D eigenvalue weighted by Gasteiger charge is 2.31. The molecule has 0 saturated carbocycles. The molecule has 2 rings (SSSR count). The first-order valence-electron chi connectivity index (χ1n) is 6.92.